The highest BCUT2D eigenvalue weighted by Gasteiger charge is 2.20. The molecule has 1 aromatic carbocycles. The van der Waals surface area contributed by atoms with Gasteiger partial charge in [-0.05, 0) is 19.9 Å². The number of halogens is 1. The quantitative estimate of drug-likeness (QED) is 0.589. The Morgan fingerprint density at radius 3 is 2.67 bits per heavy atom. The summed E-state index contributed by atoms with van der Waals surface area (Å²) in [5.74, 6) is 5.13. The van der Waals surface area contributed by atoms with E-state index in [1.54, 1.807) is 19.2 Å². The maximum atomic E-state index is 13.6. The van der Waals surface area contributed by atoms with Gasteiger partial charge >= 0.3 is 0 Å². The molecule has 15 heavy (non-hydrogen) atoms. The molecule has 1 rings (SSSR count). The fourth-order valence-corrected chi connectivity index (χ4v) is 1.52. The van der Waals surface area contributed by atoms with Gasteiger partial charge in [0.25, 0.3) is 0 Å². The molecule has 0 aliphatic carbocycles. The van der Waals surface area contributed by atoms with Crippen molar-refractivity contribution in [3.8, 4) is 0 Å². The third-order valence-electron chi connectivity index (χ3n) is 2.51. The molecule has 0 bridgehead atoms. The maximum Gasteiger partial charge on any atom is 0.128 e. The third-order valence-corrected chi connectivity index (χ3v) is 2.51. The van der Waals surface area contributed by atoms with Crippen LogP contribution in [-0.4, -0.2) is 13.2 Å². The van der Waals surface area contributed by atoms with E-state index in [-0.39, 0.29) is 18.0 Å². The number of aryl methyl sites for hydroxylation is 1. The number of nitrogens with one attached hydrogen (secondary N) is 1. The Bertz CT molecular complexity index is 330. The summed E-state index contributed by atoms with van der Waals surface area (Å²) < 4.78 is 18.7. The van der Waals surface area contributed by atoms with E-state index >= 15 is 0 Å². The predicted molar refractivity (Wildman–Crippen MR) is 57.7 cm³/mol. The lowest BCUT2D eigenvalue weighted by Gasteiger charge is -2.23. The number of nitrogens with two attached hydrogens (primary N) is 1. The van der Waals surface area contributed by atoms with Crippen LogP contribution >= 0.6 is 0 Å². The lowest BCUT2D eigenvalue weighted by atomic mass is 10.0. The van der Waals surface area contributed by atoms with Crippen LogP contribution in [0, 0.1) is 12.7 Å². The van der Waals surface area contributed by atoms with Crippen LogP contribution in [0.4, 0.5) is 4.39 Å². The van der Waals surface area contributed by atoms with Crippen molar-refractivity contribution >= 4 is 0 Å². The van der Waals surface area contributed by atoms with E-state index in [1.807, 2.05) is 13.8 Å². The standard InChI is InChI=1S/C11H17FN2O/c1-7-4-5-10(12)9(6-7)11(14-13)8(2)15-3/h4-6,8,11,14H,13H2,1-3H3. The Kier molecular flexibility index (Phi) is 4.20. The highest BCUT2D eigenvalue weighted by molar-refractivity contribution is 5.27. The fraction of sp³-hybridized carbons (Fsp3) is 0.455. The summed E-state index contributed by atoms with van der Waals surface area (Å²) >= 11 is 0. The van der Waals surface area contributed by atoms with Gasteiger partial charge in [-0.3, -0.25) is 11.3 Å². The van der Waals surface area contributed by atoms with Crippen LogP contribution in [0.2, 0.25) is 0 Å². The summed E-state index contributed by atoms with van der Waals surface area (Å²) in [6.07, 6.45) is -0.189. The Hall–Kier alpha value is -0.970. The van der Waals surface area contributed by atoms with Gasteiger partial charge in [-0.15, -0.1) is 0 Å². The SMILES string of the molecule is COC(C)C(NN)c1cc(C)ccc1F. The summed E-state index contributed by atoms with van der Waals surface area (Å²) in [6, 6.07) is 4.60. The average molecular weight is 212 g/mol. The average Bonchev–Trinajstić information content (AvgIpc) is 2.23. The molecule has 0 aliphatic heterocycles. The molecule has 0 aromatic heterocycles. The zero-order valence-electron chi connectivity index (χ0n) is 9.25. The van der Waals surface area contributed by atoms with Crippen molar-refractivity contribution in [3.05, 3.63) is 35.1 Å². The first kappa shape index (κ1) is 12.1. The van der Waals surface area contributed by atoms with Crippen molar-refractivity contribution in [3.63, 3.8) is 0 Å². The molecule has 2 atom stereocenters. The number of methoxy groups -OCH3 is 1. The zero-order chi connectivity index (χ0) is 11.4. The largest absolute Gasteiger partial charge is 0.380 e. The van der Waals surface area contributed by atoms with E-state index in [9.17, 15) is 4.39 Å². The van der Waals surface area contributed by atoms with Crippen LogP contribution in [0.1, 0.15) is 24.1 Å². The number of hydrogen-bond acceptors (Lipinski definition) is 3. The molecule has 0 saturated carbocycles. The summed E-state index contributed by atoms with van der Waals surface area (Å²) in [5.41, 5.74) is 4.10. The second kappa shape index (κ2) is 5.21. The van der Waals surface area contributed by atoms with E-state index < -0.39 is 0 Å². The molecule has 2 unspecified atom stereocenters. The van der Waals surface area contributed by atoms with Crippen LogP contribution in [0.25, 0.3) is 0 Å². The van der Waals surface area contributed by atoms with Gasteiger partial charge in [0.05, 0.1) is 12.1 Å². The monoisotopic (exact) mass is 212 g/mol. The molecule has 84 valence electrons. The van der Waals surface area contributed by atoms with E-state index in [4.69, 9.17) is 10.6 Å². The lowest BCUT2D eigenvalue weighted by molar-refractivity contribution is 0.0818. The van der Waals surface area contributed by atoms with Gasteiger partial charge < -0.3 is 4.74 Å². The van der Waals surface area contributed by atoms with Crippen LogP contribution in [0.5, 0.6) is 0 Å². The third kappa shape index (κ3) is 2.75. The molecule has 0 spiro atoms. The van der Waals surface area contributed by atoms with Gasteiger partial charge in [-0.2, -0.15) is 0 Å². The Labute approximate surface area is 89.4 Å². The summed E-state index contributed by atoms with van der Waals surface area (Å²) in [7, 11) is 1.57. The summed E-state index contributed by atoms with van der Waals surface area (Å²) in [5, 5.41) is 0. The predicted octanol–water partition coefficient (Wildman–Crippen LogP) is 1.67. The molecule has 0 amide bonds. The van der Waals surface area contributed by atoms with E-state index in [1.165, 1.54) is 6.07 Å². The summed E-state index contributed by atoms with van der Waals surface area (Å²) in [4.78, 5) is 0. The number of hydrazine groups is 1. The molecule has 3 N–H and O–H groups in total. The van der Waals surface area contributed by atoms with Crippen LogP contribution < -0.4 is 11.3 Å². The van der Waals surface area contributed by atoms with Gasteiger partial charge in [-0.1, -0.05) is 17.7 Å². The van der Waals surface area contributed by atoms with Crippen molar-refractivity contribution in [1.29, 1.82) is 0 Å². The van der Waals surface area contributed by atoms with E-state index in [2.05, 4.69) is 5.43 Å². The molecule has 0 fully saturated rings. The highest BCUT2D eigenvalue weighted by atomic mass is 19.1. The topological polar surface area (TPSA) is 47.3 Å². The smallest absolute Gasteiger partial charge is 0.128 e. The first-order chi connectivity index (χ1) is 7.10. The highest BCUT2D eigenvalue weighted by Crippen LogP contribution is 2.22. The number of rotatable bonds is 4. The van der Waals surface area contributed by atoms with Crippen LogP contribution in [0.15, 0.2) is 18.2 Å². The molecule has 4 heteroatoms. The van der Waals surface area contributed by atoms with E-state index in [0.29, 0.717) is 5.56 Å². The molecular weight excluding hydrogens is 195 g/mol. The second-order valence-electron chi connectivity index (χ2n) is 3.61. The molecule has 3 nitrogen and oxygen atoms in total. The minimum atomic E-state index is -0.338. The first-order valence-electron chi connectivity index (χ1n) is 4.85. The summed E-state index contributed by atoms with van der Waals surface area (Å²) in [6.45, 7) is 3.75. The Morgan fingerprint density at radius 2 is 2.13 bits per heavy atom. The van der Waals surface area contributed by atoms with Gasteiger partial charge in [-0.25, -0.2) is 4.39 Å². The number of hydrogen-bond donors (Lipinski definition) is 2. The Morgan fingerprint density at radius 1 is 1.47 bits per heavy atom. The zero-order valence-corrected chi connectivity index (χ0v) is 9.25. The van der Waals surface area contributed by atoms with Crippen molar-refractivity contribution in [2.45, 2.75) is 26.0 Å². The molecular formula is C11H17FN2O. The molecule has 1 aromatic rings. The Balaban J connectivity index is 3.05. The van der Waals surface area contributed by atoms with Crippen LogP contribution in [0.3, 0.4) is 0 Å². The van der Waals surface area contributed by atoms with Gasteiger partial charge in [0.15, 0.2) is 0 Å². The number of benzene rings is 1. The fourth-order valence-electron chi connectivity index (χ4n) is 1.52. The maximum absolute atomic E-state index is 13.6. The lowest BCUT2D eigenvalue weighted by Crippen LogP contribution is -2.36. The van der Waals surface area contributed by atoms with Crippen LogP contribution in [-0.2, 0) is 4.74 Å². The van der Waals surface area contributed by atoms with Crippen molar-refractivity contribution in [2.75, 3.05) is 7.11 Å². The number of ether oxygens (including phenoxy) is 1. The van der Waals surface area contributed by atoms with E-state index in [0.717, 1.165) is 5.56 Å². The molecule has 0 heterocycles. The van der Waals surface area contributed by atoms with Crippen molar-refractivity contribution in [1.82, 2.24) is 5.43 Å². The molecule has 0 saturated heterocycles. The normalized spacial score (nSPS) is 15.0. The first-order valence-corrected chi connectivity index (χ1v) is 4.85. The van der Waals surface area contributed by atoms with Crippen molar-refractivity contribution < 1.29 is 9.13 Å². The second-order valence-corrected chi connectivity index (χ2v) is 3.61. The minimum absolute atomic E-state index is 0.189. The van der Waals surface area contributed by atoms with Crippen molar-refractivity contribution in [2.24, 2.45) is 5.84 Å². The minimum Gasteiger partial charge on any atom is -0.380 e. The molecule has 0 aliphatic rings. The molecule has 0 radical (unpaired) electrons. The van der Waals surface area contributed by atoms with Gasteiger partial charge in [0.1, 0.15) is 5.82 Å². The van der Waals surface area contributed by atoms with Gasteiger partial charge in [0.2, 0.25) is 0 Å². The van der Waals surface area contributed by atoms with Gasteiger partial charge in [0, 0.05) is 12.7 Å².